The summed E-state index contributed by atoms with van der Waals surface area (Å²) < 4.78 is 19.8. The van der Waals surface area contributed by atoms with E-state index in [0.717, 1.165) is 11.1 Å². The van der Waals surface area contributed by atoms with E-state index in [1.807, 2.05) is 31.2 Å². The van der Waals surface area contributed by atoms with Gasteiger partial charge in [0.1, 0.15) is 18.2 Å². The predicted octanol–water partition coefficient (Wildman–Crippen LogP) is 4.53. The van der Waals surface area contributed by atoms with Gasteiger partial charge in [0.05, 0.1) is 0 Å². The molecular weight excluding hydrogens is 267 g/mol. The molecule has 0 saturated heterocycles. The Morgan fingerprint density at radius 2 is 1.81 bits per heavy atom. The number of carbonyl (C=O) groups excluding carboxylic acids is 1. The largest absolute Gasteiger partial charge is 0.488 e. The highest BCUT2D eigenvalue weighted by Gasteiger charge is 2.12. The number of carbonyl (C=O) groups is 1. The summed E-state index contributed by atoms with van der Waals surface area (Å²) in [6.45, 7) is 7.09. The molecule has 0 atom stereocenters. The van der Waals surface area contributed by atoms with Crippen LogP contribution in [-0.4, -0.2) is 5.78 Å². The molecule has 2 aromatic carbocycles. The number of ether oxygens (including phenoxy) is 1. The SMILES string of the molecule is CC(=O)c1ccccc1COc1cc(C)c(C)c(F)c1C. The van der Waals surface area contributed by atoms with Crippen LogP contribution in [0, 0.1) is 26.6 Å². The van der Waals surface area contributed by atoms with Gasteiger partial charge in [0.2, 0.25) is 0 Å². The Morgan fingerprint density at radius 3 is 2.48 bits per heavy atom. The van der Waals surface area contributed by atoms with E-state index in [1.165, 1.54) is 6.92 Å². The molecule has 0 heterocycles. The third kappa shape index (κ3) is 3.13. The molecule has 0 bridgehead atoms. The Balaban J connectivity index is 2.27. The van der Waals surface area contributed by atoms with Crippen molar-refractivity contribution in [3.63, 3.8) is 0 Å². The zero-order valence-corrected chi connectivity index (χ0v) is 12.8. The molecule has 0 radical (unpaired) electrons. The van der Waals surface area contributed by atoms with E-state index in [-0.39, 0.29) is 18.2 Å². The third-order valence-corrected chi connectivity index (χ3v) is 3.75. The van der Waals surface area contributed by atoms with Gasteiger partial charge >= 0.3 is 0 Å². The van der Waals surface area contributed by atoms with Crippen molar-refractivity contribution in [2.45, 2.75) is 34.3 Å². The Hall–Kier alpha value is -2.16. The number of ketones is 1. The highest BCUT2D eigenvalue weighted by Crippen LogP contribution is 2.27. The molecular formula is C18H19FO2. The summed E-state index contributed by atoms with van der Waals surface area (Å²) >= 11 is 0. The fourth-order valence-corrected chi connectivity index (χ4v) is 2.27. The van der Waals surface area contributed by atoms with Gasteiger partial charge < -0.3 is 4.74 Å². The maximum absolute atomic E-state index is 14.1. The number of Topliss-reactive ketones (excluding diaryl/α,β-unsaturated/α-hetero) is 1. The van der Waals surface area contributed by atoms with Crippen LogP contribution in [0.5, 0.6) is 5.75 Å². The Labute approximate surface area is 124 Å². The number of hydrogen-bond donors (Lipinski definition) is 0. The monoisotopic (exact) mass is 286 g/mol. The van der Waals surface area contributed by atoms with Gasteiger partial charge in [0.15, 0.2) is 5.78 Å². The summed E-state index contributed by atoms with van der Waals surface area (Å²) in [5.41, 5.74) is 3.44. The zero-order valence-electron chi connectivity index (χ0n) is 12.8. The molecule has 21 heavy (non-hydrogen) atoms. The number of hydrogen-bond acceptors (Lipinski definition) is 2. The molecule has 0 fully saturated rings. The Kier molecular flexibility index (Phi) is 4.41. The molecule has 0 aliphatic rings. The summed E-state index contributed by atoms with van der Waals surface area (Å²) in [7, 11) is 0. The second-order valence-corrected chi connectivity index (χ2v) is 5.26. The first-order chi connectivity index (χ1) is 9.91. The van der Waals surface area contributed by atoms with Crippen LogP contribution < -0.4 is 4.74 Å². The van der Waals surface area contributed by atoms with Crippen LogP contribution >= 0.6 is 0 Å². The first-order valence-electron chi connectivity index (χ1n) is 6.89. The highest BCUT2D eigenvalue weighted by atomic mass is 19.1. The third-order valence-electron chi connectivity index (χ3n) is 3.75. The molecule has 0 N–H and O–H groups in total. The van der Waals surface area contributed by atoms with Crippen LogP contribution in [0.25, 0.3) is 0 Å². The van der Waals surface area contributed by atoms with Crippen molar-refractivity contribution in [1.29, 1.82) is 0 Å². The first-order valence-corrected chi connectivity index (χ1v) is 6.89. The van der Waals surface area contributed by atoms with E-state index in [4.69, 9.17) is 4.74 Å². The minimum Gasteiger partial charge on any atom is -0.488 e. The van der Waals surface area contributed by atoms with E-state index in [9.17, 15) is 9.18 Å². The van der Waals surface area contributed by atoms with Crippen molar-refractivity contribution in [1.82, 2.24) is 0 Å². The fourth-order valence-electron chi connectivity index (χ4n) is 2.27. The normalized spacial score (nSPS) is 10.5. The second kappa shape index (κ2) is 6.08. The molecule has 2 aromatic rings. The topological polar surface area (TPSA) is 26.3 Å². The van der Waals surface area contributed by atoms with Crippen molar-refractivity contribution < 1.29 is 13.9 Å². The van der Waals surface area contributed by atoms with Crippen LogP contribution in [0.4, 0.5) is 4.39 Å². The second-order valence-electron chi connectivity index (χ2n) is 5.26. The molecule has 0 amide bonds. The predicted molar refractivity (Wildman–Crippen MR) is 81.4 cm³/mol. The van der Waals surface area contributed by atoms with Crippen LogP contribution in [-0.2, 0) is 6.61 Å². The molecule has 3 heteroatoms. The van der Waals surface area contributed by atoms with Crippen LogP contribution in [0.3, 0.4) is 0 Å². The summed E-state index contributed by atoms with van der Waals surface area (Å²) in [6.07, 6.45) is 0. The van der Waals surface area contributed by atoms with E-state index < -0.39 is 0 Å². The number of rotatable bonds is 4. The van der Waals surface area contributed by atoms with E-state index in [2.05, 4.69) is 0 Å². The Bertz CT molecular complexity index is 690. The lowest BCUT2D eigenvalue weighted by atomic mass is 10.0. The zero-order chi connectivity index (χ0) is 15.6. The number of benzene rings is 2. The highest BCUT2D eigenvalue weighted by molar-refractivity contribution is 5.95. The van der Waals surface area contributed by atoms with Crippen molar-refractivity contribution in [3.8, 4) is 5.75 Å². The standard InChI is InChI=1S/C18H19FO2/c1-11-9-17(13(3)18(19)12(11)2)21-10-15-7-5-6-8-16(15)14(4)20/h5-9H,10H2,1-4H3. The lowest BCUT2D eigenvalue weighted by molar-refractivity contribution is 0.101. The van der Waals surface area contributed by atoms with E-state index in [0.29, 0.717) is 22.4 Å². The average Bonchev–Trinajstić information content (AvgIpc) is 2.47. The first kappa shape index (κ1) is 15.2. The van der Waals surface area contributed by atoms with Crippen LogP contribution in [0.2, 0.25) is 0 Å². The number of aryl methyl sites for hydroxylation is 1. The van der Waals surface area contributed by atoms with Crippen molar-refractivity contribution >= 4 is 5.78 Å². The van der Waals surface area contributed by atoms with Gasteiger partial charge in [-0.25, -0.2) is 4.39 Å². The molecule has 0 unspecified atom stereocenters. The summed E-state index contributed by atoms with van der Waals surface area (Å²) in [4.78, 5) is 11.6. The summed E-state index contributed by atoms with van der Waals surface area (Å²) in [5.74, 6) is 0.288. The molecule has 0 aliphatic carbocycles. The lowest BCUT2D eigenvalue weighted by Gasteiger charge is -2.14. The van der Waals surface area contributed by atoms with Gasteiger partial charge in [-0.1, -0.05) is 24.3 Å². The molecule has 2 nitrogen and oxygen atoms in total. The fraction of sp³-hybridized carbons (Fsp3) is 0.278. The minimum atomic E-state index is -0.232. The number of halogens is 1. The average molecular weight is 286 g/mol. The maximum Gasteiger partial charge on any atom is 0.160 e. The van der Waals surface area contributed by atoms with Gasteiger partial charge in [0, 0.05) is 16.7 Å². The van der Waals surface area contributed by atoms with Crippen LogP contribution in [0.1, 0.15) is 39.5 Å². The molecule has 0 aliphatic heterocycles. The van der Waals surface area contributed by atoms with Gasteiger partial charge in [0.25, 0.3) is 0 Å². The van der Waals surface area contributed by atoms with E-state index in [1.54, 1.807) is 19.9 Å². The molecule has 110 valence electrons. The maximum atomic E-state index is 14.1. The molecule has 0 aromatic heterocycles. The van der Waals surface area contributed by atoms with Crippen molar-refractivity contribution in [3.05, 3.63) is 64.0 Å². The lowest BCUT2D eigenvalue weighted by Crippen LogP contribution is -2.05. The summed E-state index contributed by atoms with van der Waals surface area (Å²) in [6, 6.07) is 9.14. The van der Waals surface area contributed by atoms with Crippen molar-refractivity contribution in [2.24, 2.45) is 0 Å². The van der Waals surface area contributed by atoms with Gasteiger partial charge in [-0.2, -0.15) is 0 Å². The smallest absolute Gasteiger partial charge is 0.160 e. The van der Waals surface area contributed by atoms with Gasteiger partial charge in [-0.3, -0.25) is 4.79 Å². The quantitative estimate of drug-likeness (QED) is 0.772. The van der Waals surface area contributed by atoms with Crippen LogP contribution in [0.15, 0.2) is 30.3 Å². The van der Waals surface area contributed by atoms with Gasteiger partial charge in [-0.05, 0) is 44.9 Å². The minimum absolute atomic E-state index is 0.00260. The molecule has 0 spiro atoms. The van der Waals surface area contributed by atoms with Crippen molar-refractivity contribution in [2.75, 3.05) is 0 Å². The Morgan fingerprint density at radius 1 is 1.14 bits per heavy atom. The molecule has 2 rings (SSSR count). The van der Waals surface area contributed by atoms with Gasteiger partial charge in [-0.15, -0.1) is 0 Å². The van der Waals surface area contributed by atoms with E-state index >= 15 is 0 Å². The summed E-state index contributed by atoms with van der Waals surface area (Å²) in [5, 5.41) is 0. The molecule has 0 saturated carbocycles.